The van der Waals surface area contributed by atoms with Gasteiger partial charge in [0, 0.05) is 32.0 Å². The Labute approximate surface area is 120 Å². The van der Waals surface area contributed by atoms with Crippen LogP contribution in [0.5, 0.6) is 0 Å². The second-order valence-electron chi connectivity index (χ2n) is 5.44. The van der Waals surface area contributed by atoms with E-state index in [-0.39, 0.29) is 11.9 Å². The van der Waals surface area contributed by atoms with Gasteiger partial charge in [0.1, 0.15) is 11.6 Å². The maximum Gasteiger partial charge on any atom is 0.221 e. The van der Waals surface area contributed by atoms with E-state index in [2.05, 4.69) is 32.3 Å². The molecule has 1 aliphatic rings. The molecule has 2 rings (SSSR count). The van der Waals surface area contributed by atoms with Gasteiger partial charge in [-0.05, 0) is 26.2 Å². The zero-order valence-electron chi connectivity index (χ0n) is 12.5. The molecular weight excluding hydrogens is 254 g/mol. The van der Waals surface area contributed by atoms with E-state index in [1.54, 1.807) is 0 Å². The van der Waals surface area contributed by atoms with E-state index in [1.165, 1.54) is 12.8 Å². The molecule has 0 bridgehead atoms. The van der Waals surface area contributed by atoms with E-state index in [9.17, 15) is 4.79 Å². The zero-order valence-corrected chi connectivity index (χ0v) is 12.5. The third-order valence-electron chi connectivity index (χ3n) is 3.77. The fourth-order valence-corrected chi connectivity index (χ4v) is 2.35. The van der Waals surface area contributed by atoms with Gasteiger partial charge in [0.25, 0.3) is 0 Å². The predicted octanol–water partition coefficient (Wildman–Crippen LogP) is 1.01. The summed E-state index contributed by atoms with van der Waals surface area (Å²) in [6.45, 7) is 6.47. The summed E-state index contributed by atoms with van der Waals surface area (Å²) in [5.74, 6) is 2.19. The van der Waals surface area contributed by atoms with Crippen molar-refractivity contribution in [1.82, 2.24) is 25.4 Å². The van der Waals surface area contributed by atoms with Gasteiger partial charge in [0.05, 0.1) is 6.54 Å². The molecule has 0 fully saturated rings. The first-order valence-corrected chi connectivity index (χ1v) is 7.61. The minimum atomic E-state index is 0.107. The monoisotopic (exact) mass is 279 g/mol. The van der Waals surface area contributed by atoms with Crippen molar-refractivity contribution in [2.75, 3.05) is 6.54 Å². The normalized spacial score (nSPS) is 15.7. The highest BCUT2D eigenvalue weighted by molar-refractivity contribution is 5.76. The molecule has 112 valence electrons. The Morgan fingerprint density at radius 3 is 3.05 bits per heavy atom. The van der Waals surface area contributed by atoms with Gasteiger partial charge >= 0.3 is 0 Å². The van der Waals surface area contributed by atoms with Crippen molar-refractivity contribution in [3.63, 3.8) is 0 Å². The molecule has 20 heavy (non-hydrogen) atoms. The molecule has 0 radical (unpaired) electrons. The number of fused-ring (bicyclic) bond motifs is 1. The third kappa shape index (κ3) is 4.03. The smallest absolute Gasteiger partial charge is 0.221 e. The highest BCUT2D eigenvalue weighted by atomic mass is 16.1. The number of hydrogen-bond acceptors (Lipinski definition) is 4. The lowest BCUT2D eigenvalue weighted by molar-refractivity contribution is -0.121. The lowest BCUT2D eigenvalue weighted by Crippen LogP contribution is -2.34. The molecule has 1 unspecified atom stereocenters. The van der Waals surface area contributed by atoms with E-state index in [1.807, 2.05) is 6.92 Å². The molecule has 0 spiro atoms. The van der Waals surface area contributed by atoms with E-state index < -0.39 is 0 Å². The van der Waals surface area contributed by atoms with Crippen LogP contribution in [0.4, 0.5) is 0 Å². The van der Waals surface area contributed by atoms with Crippen LogP contribution in [0, 0.1) is 0 Å². The first-order chi connectivity index (χ1) is 9.70. The molecule has 0 saturated carbocycles. The van der Waals surface area contributed by atoms with Gasteiger partial charge in [0.2, 0.25) is 5.91 Å². The van der Waals surface area contributed by atoms with Crippen molar-refractivity contribution in [3.8, 4) is 0 Å². The Hall–Kier alpha value is -1.43. The fourth-order valence-electron chi connectivity index (χ4n) is 2.35. The number of amides is 1. The highest BCUT2D eigenvalue weighted by Gasteiger charge is 2.15. The zero-order chi connectivity index (χ0) is 14.4. The van der Waals surface area contributed by atoms with Gasteiger partial charge in [-0.15, -0.1) is 10.2 Å². The number of hydrogen-bond donors (Lipinski definition) is 2. The molecule has 0 aliphatic carbocycles. The number of aryl methyl sites for hydroxylation is 1. The van der Waals surface area contributed by atoms with Crippen LogP contribution >= 0.6 is 0 Å². The van der Waals surface area contributed by atoms with Crippen molar-refractivity contribution in [1.29, 1.82) is 0 Å². The van der Waals surface area contributed by atoms with E-state index in [0.29, 0.717) is 19.5 Å². The van der Waals surface area contributed by atoms with Crippen molar-refractivity contribution < 1.29 is 4.79 Å². The van der Waals surface area contributed by atoms with Crippen molar-refractivity contribution in [2.24, 2.45) is 0 Å². The van der Waals surface area contributed by atoms with Gasteiger partial charge in [-0.3, -0.25) is 4.79 Å². The van der Waals surface area contributed by atoms with Crippen LogP contribution in [0.2, 0.25) is 0 Å². The second kappa shape index (κ2) is 7.38. The number of carbonyl (C=O) groups is 1. The predicted molar refractivity (Wildman–Crippen MR) is 77.2 cm³/mol. The van der Waals surface area contributed by atoms with Gasteiger partial charge in [0.15, 0.2) is 0 Å². The summed E-state index contributed by atoms with van der Waals surface area (Å²) in [4.78, 5) is 11.6. The first kappa shape index (κ1) is 15.0. The summed E-state index contributed by atoms with van der Waals surface area (Å²) < 4.78 is 2.20. The maximum absolute atomic E-state index is 11.6. The molecule has 6 heteroatoms. The quantitative estimate of drug-likeness (QED) is 0.731. The van der Waals surface area contributed by atoms with E-state index in [0.717, 1.165) is 31.0 Å². The molecule has 2 heterocycles. The number of carbonyl (C=O) groups excluding carboxylic acids is 1. The summed E-state index contributed by atoms with van der Waals surface area (Å²) in [7, 11) is 0. The van der Waals surface area contributed by atoms with Crippen LogP contribution in [0.1, 0.15) is 51.2 Å². The molecule has 6 nitrogen and oxygen atoms in total. The van der Waals surface area contributed by atoms with Gasteiger partial charge in [-0.25, -0.2) is 0 Å². The summed E-state index contributed by atoms with van der Waals surface area (Å²) in [5.41, 5.74) is 0. The van der Waals surface area contributed by atoms with Crippen LogP contribution in [0.25, 0.3) is 0 Å². The van der Waals surface area contributed by atoms with Crippen LogP contribution in [0.3, 0.4) is 0 Å². The van der Waals surface area contributed by atoms with Gasteiger partial charge in [-0.1, -0.05) is 6.92 Å². The minimum Gasteiger partial charge on any atom is -0.354 e. The topological polar surface area (TPSA) is 71.8 Å². The number of rotatable bonds is 7. The maximum atomic E-state index is 11.6. The van der Waals surface area contributed by atoms with Crippen molar-refractivity contribution >= 4 is 5.91 Å². The molecule has 0 aromatic carbocycles. The van der Waals surface area contributed by atoms with E-state index >= 15 is 0 Å². The molecule has 1 aliphatic heterocycles. The molecule has 1 atom stereocenters. The Bertz CT molecular complexity index is 443. The Morgan fingerprint density at radius 1 is 1.40 bits per heavy atom. The van der Waals surface area contributed by atoms with Gasteiger partial charge in [-0.2, -0.15) is 0 Å². The first-order valence-electron chi connectivity index (χ1n) is 7.61. The summed E-state index contributed by atoms with van der Waals surface area (Å²) in [6.07, 6.45) is 4.91. The van der Waals surface area contributed by atoms with Crippen LogP contribution in [0.15, 0.2) is 0 Å². The van der Waals surface area contributed by atoms with E-state index in [4.69, 9.17) is 0 Å². The number of nitrogens with zero attached hydrogens (tertiary/aromatic N) is 3. The average Bonchev–Trinajstić information content (AvgIpc) is 2.87. The fraction of sp³-hybridized carbons (Fsp3) is 0.786. The Balaban J connectivity index is 1.69. The lowest BCUT2D eigenvalue weighted by atomic mass is 10.2. The van der Waals surface area contributed by atoms with Crippen LogP contribution in [-0.4, -0.2) is 33.3 Å². The number of nitrogens with one attached hydrogen (secondary N) is 2. The molecule has 1 aromatic heterocycles. The standard InChI is InChI=1S/C14H25N5O/c1-3-11(2)16-14(20)7-8-15-10-13-18-17-12-6-4-5-9-19(12)13/h11,15H,3-10H2,1-2H3,(H,16,20). The number of aromatic nitrogens is 3. The van der Waals surface area contributed by atoms with Crippen LogP contribution < -0.4 is 10.6 Å². The van der Waals surface area contributed by atoms with Crippen molar-refractivity contribution in [2.45, 2.75) is 65.1 Å². The summed E-state index contributed by atoms with van der Waals surface area (Å²) in [6, 6.07) is 0.256. The Kier molecular flexibility index (Phi) is 5.52. The SMILES string of the molecule is CCC(C)NC(=O)CCNCc1nnc2n1CCCC2. The summed E-state index contributed by atoms with van der Waals surface area (Å²) >= 11 is 0. The van der Waals surface area contributed by atoms with Gasteiger partial charge < -0.3 is 15.2 Å². The minimum absolute atomic E-state index is 0.107. The highest BCUT2D eigenvalue weighted by Crippen LogP contribution is 2.13. The largest absolute Gasteiger partial charge is 0.354 e. The van der Waals surface area contributed by atoms with Crippen LogP contribution in [-0.2, 0) is 24.3 Å². The second-order valence-corrected chi connectivity index (χ2v) is 5.44. The Morgan fingerprint density at radius 2 is 2.25 bits per heavy atom. The molecule has 0 saturated heterocycles. The van der Waals surface area contributed by atoms with Crippen molar-refractivity contribution in [3.05, 3.63) is 11.6 Å². The molecular formula is C14H25N5O. The average molecular weight is 279 g/mol. The summed E-state index contributed by atoms with van der Waals surface area (Å²) in [5, 5.41) is 14.7. The lowest BCUT2D eigenvalue weighted by Gasteiger charge is -2.15. The third-order valence-corrected chi connectivity index (χ3v) is 3.77. The molecule has 1 amide bonds. The molecule has 2 N–H and O–H groups in total. The molecule has 1 aromatic rings.